The monoisotopic (exact) mass is 360 g/mol. The number of rotatable bonds is 2. The molecule has 1 nitrogen and oxygen atoms in total. The lowest BCUT2D eigenvalue weighted by molar-refractivity contribution is -0.137. The molecule has 0 N–H and O–H groups in total. The first-order valence-electron chi connectivity index (χ1n) is 5.88. The normalized spacial score (nSPS) is 11.5. The van der Waals surface area contributed by atoms with E-state index in [2.05, 4.69) is 15.9 Å². The number of benzene rings is 2. The van der Waals surface area contributed by atoms with Gasteiger partial charge >= 0.3 is 6.18 Å². The van der Waals surface area contributed by atoms with Crippen molar-refractivity contribution in [3.8, 4) is 0 Å². The second kappa shape index (κ2) is 5.60. The van der Waals surface area contributed by atoms with Gasteiger partial charge in [0.15, 0.2) is 5.78 Å². The summed E-state index contributed by atoms with van der Waals surface area (Å²) < 4.78 is 51.4. The quantitative estimate of drug-likeness (QED) is 0.534. The van der Waals surface area contributed by atoms with Gasteiger partial charge in [0.25, 0.3) is 0 Å². The highest BCUT2D eigenvalue weighted by molar-refractivity contribution is 9.10. The van der Waals surface area contributed by atoms with E-state index >= 15 is 0 Å². The zero-order valence-corrected chi connectivity index (χ0v) is 12.3. The van der Waals surface area contributed by atoms with Gasteiger partial charge in [-0.3, -0.25) is 4.79 Å². The van der Waals surface area contributed by atoms with Gasteiger partial charge in [-0.1, -0.05) is 22.0 Å². The number of aryl methyl sites for hydroxylation is 1. The first-order chi connectivity index (χ1) is 9.70. The number of hydrogen-bond donors (Lipinski definition) is 0. The predicted octanol–water partition coefficient (Wildman–Crippen LogP) is 5.15. The maximum Gasteiger partial charge on any atom is 0.416 e. The molecule has 0 heterocycles. The first kappa shape index (κ1) is 15.7. The molecular weight excluding hydrogens is 352 g/mol. The van der Waals surface area contributed by atoms with Gasteiger partial charge in [-0.15, -0.1) is 0 Å². The van der Waals surface area contributed by atoms with Crippen LogP contribution in [0.1, 0.15) is 27.0 Å². The molecule has 2 aromatic rings. The van der Waals surface area contributed by atoms with Crippen LogP contribution in [0.25, 0.3) is 0 Å². The number of carbonyl (C=O) groups is 1. The minimum Gasteiger partial charge on any atom is -0.289 e. The summed E-state index contributed by atoms with van der Waals surface area (Å²) in [6, 6.07) is 6.46. The van der Waals surface area contributed by atoms with Crippen LogP contribution in [0.5, 0.6) is 0 Å². The molecule has 0 aliphatic carbocycles. The van der Waals surface area contributed by atoms with Crippen molar-refractivity contribution < 1.29 is 22.4 Å². The summed E-state index contributed by atoms with van der Waals surface area (Å²) in [4.78, 5) is 12.3. The minimum absolute atomic E-state index is 0.0675. The Morgan fingerprint density at radius 3 is 2.29 bits per heavy atom. The Labute approximate surface area is 126 Å². The highest BCUT2D eigenvalue weighted by Gasteiger charge is 2.31. The Balaban J connectivity index is 2.47. The summed E-state index contributed by atoms with van der Waals surface area (Å²) in [5, 5.41) is 0. The summed E-state index contributed by atoms with van der Waals surface area (Å²) in [7, 11) is 0. The molecule has 0 atom stereocenters. The van der Waals surface area contributed by atoms with Gasteiger partial charge in [-0.25, -0.2) is 4.39 Å². The second-order valence-corrected chi connectivity index (χ2v) is 5.34. The predicted molar refractivity (Wildman–Crippen MR) is 73.7 cm³/mol. The van der Waals surface area contributed by atoms with Crippen molar-refractivity contribution in [2.45, 2.75) is 13.1 Å². The molecule has 6 heteroatoms. The van der Waals surface area contributed by atoms with Gasteiger partial charge in [0.05, 0.1) is 5.56 Å². The van der Waals surface area contributed by atoms with E-state index in [-0.39, 0.29) is 16.7 Å². The number of carbonyl (C=O) groups excluding carboxylic acids is 1. The van der Waals surface area contributed by atoms with Crippen molar-refractivity contribution in [1.29, 1.82) is 0 Å². The summed E-state index contributed by atoms with van der Waals surface area (Å²) in [5.74, 6) is -1.13. The molecule has 0 saturated heterocycles. The fourth-order valence-corrected chi connectivity index (χ4v) is 2.34. The van der Waals surface area contributed by atoms with E-state index < -0.39 is 23.3 Å². The van der Waals surface area contributed by atoms with E-state index in [0.717, 1.165) is 24.3 Å². The molecule has 21 heavy (non-hydrogen) atoms. The van der Waals surface area contributed by atoms with Gasteiger partial charge in [-0.05, 0) is 42.8 Å². The third kappa shape index (κ3) is 3.32. The van der Waals surface area contributed by atoms with E-state index in [1.807, 2.05) is 0 Å². The molecule has 0 aliphatic rings. The molecule has 0 unspecified atom stereocenters. The number of halogens is 5. The van der Waals surface area contributed by atoms with Crippen molar-refractivity contribution in [2.75, 3.05) is 0 Å². The van der Waals surface area contributed by atoms with Crippen LogP contribution in [0.3, 0.4) is 0 Å². The fraction of sp³-hybridized carbons (Fsp3) is 0.133. The van der Waals surface area contributed by atoms with Gasteiger partial charge in [0.2, 0.25) is 0 Å². The van der Waals surface area contributed by atoms with Crippen LogP contribution in [0.2, 0.25) is 0 Å². The fourth-order valence-electron chi connectivity index (χ4n) is 1.91. The van der Waals surface area contributed by atoms with Crippen molar-refractivity contribution in [3.63, 3.8) is 0 Å². The molecule has 0 aliphatic heterocycles. The van der Waals surface area contributed by atoms with E-state index in [4.69, 9.17) is 0 Å². The van der Waals surface area contributed by atoms with Crippen LogP contribution < -0.4 is 0 Å². The summed E-state index contributed by atoms with van der Waals surface area (Å²) >= 11 is 3.13. The Bertz CT molecular complexity index is 707. The average Bonchev–Trinajstić information content (AvgIpc) is 2.39. The van der Waals surface area contributed by atoms with Crippen molar-refractivity contribution >= 4 is 21.7 Å². The van der Waals surface area contributed by atoms with E-state index in [9.17, 15) is 22.4 Å². The molecular formula is C15H9BrF4O. The zero-order valence-electron chi connectivity index (χ0n) is 10.8. The Morgan fingerprint density at radius 2 is 1.71 bits per heavy atom. The number of hydrogen-bond acceptors (Lipinski definition) is 1. The standard InChI is InChI=1S/C15H9BrF4O/c1-8-6-9(15(18,19)20)2-4-11(8)14(21)12-7-10(17)3-5-13(12)16/h2-7H,1H3. The van der Waals surface area contributed by atoms with Gasteiger partial charge < -0.3 is 0 Å². The maximum atomic E-state index is 13.2. The maximum absolute atomic E-state index is 13.2. The van der Waals surface area contributed by atoms with E-state index in [1.165, 1.54) is 19.1 Å². The smallest absolute Gasteiger partial charge is 0.289 e. The summed E-state index contributed by atoms with van der Waals surface area (Å²) in [6.45, 7) is 1.41. The molecule has 0 amide bonds. The number of ketones is 1. The second-order valence-electron chi connectivity index (χ2n) is 4.48. The molecule has 110 valence electrons. The third-order valence-corrected chi connectivity index (χ3v) is 3.66. The number of alkyl halides is 3. The molecule has 0 radical (unpaired) electrons. The Morgan fingerprint density at radius 1 is 1.05 bits per heavy atom. The molecule has 0 spiro atoms. The van der Waals surface area contributed by atoms with Crippen molar-refractivity contribution in [2.24, 2.45) is 0 Å². The van der Waals surface area contributed by atoms with Gasteiger partial charge in [-0.2, -0.15) is 13.2 Å². The summed E-state index contributed by atoms with van der Waals surface area (Å²) in [5.41, 5.74) is -0.465. The van der Waals surface area contributed by atoms with Crippen LogP contribution >= 0.6 is 15.9 Å². The van der Waals surface area contributed by atoms with Gasteiger partial charge in [0, 0.05) is 15.6 Å². The molecule has 0 aromatic heterocycles. The molecule has 0 fully saturated rings. The van der Waals surface area contributed by atoms with E-state index in [1.54, 1.807) is 0 Å². The molecule has 2 aromatic carbocycles. The summed E-state index contributed by atoms with van der Waals surface area (Å²) in [6.07, 6.45) is -4.47. The average molecular weight is 361 g/mol. The van der Waals surface area contributed by atoms with Crippen LogP contribution in [-0.4, -0.2) is 5.78 Å². The zero-order chi connectivity index (χ0) is 15.8. The van der Waals surface area contributed by atoms with E-state index in [0.29, 0.717) is 4.47 Å². The van der Waals surface area contributed by atoms with Crippen LogP contribution in [0.4, 0.5) is 17.6 Å². The lowest BCUT2D eigenvalue weighted by Gasteiger charge is -2.11. The Kier molecular flexibility index (Phi) is 4.18. The topological polar surface area (TPSA) is 17.1 Å². The van der Waals surface area contributed by atoms with Crippen LogP contribution in [-0.2, 0) is 6.18 Å². The molecule has 2 rings (SSSR count). The lowest BCUT2D eigenvalue weighted by atomic mass is 9.97. The highest BCUT2D eigenvalue weighted by atomic mass is 79.9. The highest BCUT2D eigenvalue weighted by Crippen LogP contribution is 2.31. The Hall–Kier alpha value is -1.69. The largest absolute Gasteiger partial charge is 0.416 e. The van der Waals surface area contributed by atoms with Crippen LogP contribution in [0, 0.1) is 12.7 Å². The first-order valence-corrected chi connectivity index (χ1v) is 6.67. The van der Waals surface area contributed by atoms with Crippen molar-refractivity contribution in [3.05, 3.63) is 68.9 Å². The SMILES string of the molecule is Cc1cc(C(F)(F)F)ccc1C(=O)c1cc(F)ccc1Br. The molecule has 0 bridgehead atoms. The van der Waals surface area contributed by atoms with Crippen LogP contribution in [0.15, 0.2) is 40.9 Å². The van der Waals surface area contributed by atoms with Gasteiger partial charge in [0.1, 0.15) is 5.82 Å². The molecule has 0 saturated carbocycles. The lowest BCUT2D eigenvalue weighted by Crippen LogP contribution is -2.09. The third-order valence-electron chi connectivity index (χ3n) is 2.97. The van der Waals surface area contributed by atoms with Crippen molar-refractivity contribution in [1.82, 2.24) is 0 Å². The minimum atomic E-state index is -4.47.